The van der Waals surface area contributed by atoms with Crippen LogP contribution in [0, 0.1) is 6.92 Å². The van der Waals surface area contributed by atoms with Gasteiger partial charge in [0.05, 0.1) is 3.79 Å². The maximum Gasteiger partial charge on any atom is 0.0731 e. The van der Waals surface area contributed by atoms with E-state index in [4.69, 9.17) is 5.73 Å². The summed E-state index contributed by atoms with van der Waals surface area (Å²) in [7, 11) is 0. The Kier molecular flexibility index (Phi) is 5.13. The predicted octanol–water partition coefficient (Wildman–Crippen LogP) is 4.40. The van der Waals surface area contributed by atoms with E-state index in [2.05, 4.69) is 35.8 Å². The molecule has 0 spiro atoms. The Morgan fingerprint density at radius 2 is 2.21 bits per heavy atom. The Balaban J connectivity index is 2.47. The van der Waals surface area contributed by atoms with Gasteiger partial charge in [0.1, 0.15) is 0 Å². The molecular formula is C11H18BrNS. The number of unbranched alkanes of at least 4 members (excludes halogenated alkanes) is 2. The zero-order valence-corrected chi connectivity index (χ0v) is 11.2. The van der Waals surface area contributed by atoms with Crippen LogP contribution in [-0.4, -0.2) is 0 Å². The van der Waals surface area contributed by atoms with Crippen molar-refractivity contribution in [2.75, 3.05) is 0 Å². The van der Waals surface area contributed by atoms with E-state index in [0.717, 1.165) is 6.42 Å². The third-order valence-corrected chi connectivity index (χ3v) is 4.63. The lowest BCUT2D eigenvalue weighted by Crippen LogP contribution is -2.08. The van der Waals surface area contributed by atoms with Crippen molar-refractivity contribution in [3.05, 3.63) is 20.3 Å². The highest BCUT2D eigenvalue weighted by Gasteiger charge is 2.10. The second kappa shape index (κ2) is 5.89. The van der Waals surface area contributed by atoms with Gasteiger partial charge in [-0.1, -0.05) is 26.2 Å². The molecule has 1 aromatic heterocycles. The molecule has 1 heterocycles. The van der Waals surface area contributed by atoms with Crippen LogP contribution in [0.3, 0.4) is 0 Å². The molecule has 3 heteroatoms. The van der Waals surface area contributed by atoms with Crippen LogP contribution in [0.5, 0.6) is 0 Å². The molecule has 0 saturated carbocycles. The fourth-order valence-electron chi connectivity index (χ4n) is 1.42. The standard InChI is InChI=1S/C11H18BrNS/c1-3-4-5-6-9(13)10-7-8(2)11(12)14-10/h7,9H,3-6,13H2,1-2H3/t9-/m0/s1. The third-order valence-electron chi connectivity index (χ3n) is 2.36. The van der Waals surface area contributed by atoms with Gasteiger partial charge >= 0.3 is 0 Å². The summed E-state index contributed by atoms with van der Waals surface area (Å²) < 4.78 is 1.22. The summed E-state index contributed by atoms with van der Waals surface area (Å²) in [5.74, 6) is 0. The Morgan fingerprint density at radius 1 is 1.50 bits per heavy atom. The second-order valence-electron chi connectivity index (χ2n) is 3.71. The molecular weight excluding hydrogens is 258 g/mol. The van der Waals surface area contributed by atoms with Crippen molar-refractivity contribution in [3.63, 3.8) is 0 Å². The molecule has 1 aromatic rings. The number of thiophene rings is 1. The fourth-order valence-corrected chi connectivity index (χ4v) is 3.03. The molecule has 0 aliphatic rings. The molecule has 1 rings (SSSR count). The van der Waals surface area contributed by atoms with Crippen molar-refractivity contribution in [1.29, 1.82) is 0 Å². The smallest absolute Gasteiger partial charge is 0.0731 e. The van der Waals surface area contributed by atoms with E-state index in [1.54, 1.807) is 11.3 Å². The van der Waals surface area contributed by atoms with Gasteiger partial charge in [-0.25, -0.2) is 0 Å². The van der Waals surface area contributed by atoms with E-state index >= 15 is 0 Å². The molecule has 14 heavy (non-hydrogen) atoms. The van der Waals surface area contributed by atoms with E-state index in [9.17, 15) is 0 Å². The van der Waals surface area contributed by atoms with Crippen LogP contribution in [0.1, 0.15) is 49.1 Å². The summed E-state index contributed by atoms with van der Waals surface area (Å²) in [5, 5.41) is 0. The van der Waals surface area contributed by atoms with Gasteiger partial charge in [-0.15, -0.1) is 11.3 Å². The quantitative estimate of drug-likeness (QED) is 0.792. The molecule has 0 unspecified atom stereocenters. The Hall–Kier alpha value is 0.140. The molecule has 1 nitrogen and oxygen atoms in total. The van der Waals surface area contributed by atoms with Crippen LogP contribution in [0.15, 0.2) is 9.85 Å². The van der Waals surface area contributed by atoms with Crippen molar-refractivity contribution in [2.24, 2.45) is 5.73 Å². The van der Waals surface area contributed by atoms with Gasteiger partial charge in [-0.05, 0) is 40.9 Å². The lowest BCUT2D eigenvalue weighted by atomic mass is 10.1. The summed E-state index contributed by atoms with van der Waals surface area (Å²) in [6.45, 7) is 4.33. The minimum Gasteiger partial charge on any atom is -0.323 e. The second-order valence-corrected chi connectivity index (χ2v) is 6.11. The van der Waals surface area contributed by atoms with Crippen LogP contribution in [0.2, 0.25) is 0 Å². The van der Waals surface area contributed by atoms with Gasteiger partial charge in [-0.2, -0.15) is 0 Å². The zero-order valence-electron chi connectivity index (χ0n) is 8.85. The maximum absolute atomic E-state index is 6.11. The van der Waals surface area contributed by atoms with Crippen molar-refractivity contribution in [2.45, 2.75) is 45.6 Å². The van der Waals surface area contributed by atoms with Crippen LogP contribution >= 0.6 is 27.3 Å². The molecule has 0 aliphatic heterocycles. The summed E-state index contributed by atoms with van der Waals surface area (Å²) in [4.78, 5) is 1.31. The van der Waals surface area contributed by atoms with E-state index in [0.29, 0.717) is 0 Å². The molecule has 0 fully saturated rings. The van der Waals surface area contributed by atoms with Gasteiger partial charge in [0.25, 0.3) is 0 Å². The first-order chi connectivity index (χ1) is 6.65. The molecule has 0 saturated heterocycles. The topological polar surface area (TPSA) is 26.0 Å². The van der Waals surface area contributed by atoms with E-state index in [1.807, 2.05) is 0 Å². The summed E-state index contributed by atoms with van der Waals surface area (Å²) >= 11 is 5.30. The minimum atomic E-state index is 0.233. The van der Waals surface area contributed by atoms with E-state index in [1.165, 1.54) is 33.5 Å². The first-order valence-electron chi connectivity index (χ1n) is 5.16. The molecule has 80 valence electrons. The minimum absolute atomic E-state index is 0.233. The Morgan fingerprint density at radius 3 is 2.71 bits per heavy atom. The Bertz CT molecular complexity index is 263. The van der Waals surface area contributed by atoms with Crippen molar-refractivity contribution >= 4 is 27.3 Å². The van der Waals surface area contributed by atoms with E-state index < -0.39 is 0 Å². The molecule has 0 aliphatic carbocycles. The normalized spacial score (nSPS) is 13.1. The van der Waals surface area contributed by atoms with Crippen LogP contribution < -0.4 is 5.73 Å². The highest BCUT2D eigenvalue weighted by atomic mass is 79.9. The number of halogens is 1. The number of aryl methyl sites for hydroxylation is 1. The van der Waals surface area contributed by atoms with Crippen molar-refractivity contribution in [3.8, 4) is 0 Å². The fraction of sp³-hybridized carbons (Fsp3) is 0.636. The average molecular weight is 276 g/mol. The molecule has 0 radical (unpaired) electrons. The van der Waals surface area contributed by atoms with Gasteiger partial charge < -0.3 is 5.73 Å². The number of hydrogen-bond donors (Lipinski definition) is 1. The average Bonchev–Trinajstić information content (AvgIpc) is 2.47. The first kappa shape index (κ1) is 12.2. The summed E-state index contributed by atoms with van der Waals surface area (Å²) in [5.41, 5.74) is 7.41. The zero-order chi connectivity index (χ0) is 10.6. The van der Waals surface area contributed by atoms with E-state index in [-0.39, 0.29) is 6.04 Å². The van der Waals surface area contributed by atoms with Crippen LogP contribution in [-0.2, 0) is 0 Å². The van der Waals surface area contributed by atoms with Crippen LogP contribution in [0.4, 0.5) is 0 Å². The first-order valence-corrected chi connectivity index (χ1v) is 6.77. The number of rotatable bonds is 5. The summed E-state index contributed by atoms with van der Waals surface area (Å²) in [6, 6.07) is 2.43. The van der Waals surface area contributed by atoms with Gasteiger partial charge in [-0.3, -0.25) is 0 Å². The SMILES string of the molecule is CCCCC[C@H](N)c1cc(C)c(Br)s1. The highest BCUT2D eigenvalue weighted by Crippen LogP contribution is 2.32. The molecule has 0 bridgehead atoms. The van der Waals surface area contributed by atoms with Crippen molar-refractivity contribution < 1.29 is 0 Å². The molecule has 0 aromatic carbocycles. The Labute approximate surface area is 98.8 Å². The van der Waals surface area contributed by atoms with Gasteiger partial charge in [0.2, 0.25) is 0 Å². The molecule has 0 amide bonds. The summed E-state index contributed by atoms with van der Waals surface area (Å²) in [6.07, 6.45) is 4.91. The van der Waals surface area contributed by atoms with Crippen molar-refractivity contribution in [1.82, 2.24) is 0 Å². The molecule has 2 N–H and O–H groups in total. The highest BCUT2D eigenvalue weighted by molar-refractivity contribution is 9.11. The maximum atomic E-state index is 6.11. The molecule has 1 atom stereocenters. The van der Waals surface area contributed by atoms with Crippen LogP contribution in [0.25, 0.3) is 0 Å². The largest absolute Gasteiger partial charge is 0.323 e. The van der Waals surface area contributed by atoms with Gasteiger partial charge in [0, 0.05) is 10.9 Å². The number of hydrogen-bond acceptors (Lipinski definition) is 2. The number of nitrogens with two attached hydrogens (primary N) is 1. The third kappa shape index (κ3) is 3.37. The lowest BCUT2D eigenvalue weighted by molar-refractivity contribution is 0.587. The lowest BCUT2D eigenvalue weighted by Gasteiger charge is -2.08. The van der Waals surface area contributed by atoms with Gasteiger partial charge in [0.15, 0.2) is 0 Å². The monoisotopic (exact) mass is 275 g/mol. The predicted molar refractivity (Wildman–Crippen MR) is 67.8 cm³/mol.